The fourth-order valence-corrected chi connectivity index (χ4v) is 3.77. The second-order valence-corrected chi connectivity index (χ2v) is 6.59. The Hall–Kier alpha value is -1.72. The number of hydrogen-bond acceptors (Lipinski definition) is 2. The van der Waals surface area contributed by atoms with E-state index in [0.29, 0.717) is 12.0 Å². The Labute approximate surface area is 124 Å². The number of rotatable bonds is 5. The molecule has 1 unspecified atom stereocenters. The van der Waals surface area contributed by atoms with Gasteiger partial charge in [-0.25, -0.2) is 17.5 Å². The van der Waals surface area contributed by atoms with Gasteiger partial charge in [-0.1, -0.05) is 37.3 Å². The Kier molecular flexibility index (Phi) is 4.75. The molecule has 0 amide bonds. The fourth-order valence-electron chi connectivity index (χ4n) is 2.24. The fraction of sp³-hybridized carbons (Fsp3) is 0.250. The summed E-state index contributed by atoms with van der Waals surface area (Å²) in [6.45, 7) is 3.50. The maximum absolute atomic E-state index is 13.1. The first-order valence-corrected chi connectivity index (χ1v) is 8.26. The van der Waals surface area contributed by atoms with E-state index in [0.717, 1.165) is 11.6 Å². The van der Waals surface area contributed by atoms with Gasteiger partial charge >= 0.3 is 0 Å². The van der Waals surface area contributed by atoms with Crippen LogP contribution in [-0.4, -0.2) is 8.42 Å². The minimum Gasteiger partial charge on any atom is -0.207 e. The van der Waals surface area contributed by atoms with Crippen LogP contribution in [0.4, 0.5) is 4.39 Å². The smallest absolute Gasteiger partial charge is 0.207 e. The number of hydrogen-bond donors (Lipinski definition) is 1. The van der Waals surface area contributed by atoms with Crippen molar-refractivity contribution >= 4 is 10.0 Å². The Morgan fingerprint density at radius 1 is 1.14 bits per heavy atom. The van der Waals surface area contributed by atoms with Crippen molar-refractivity contribution in [3.8, 4) is 0 Å². The zero-order chi connectivity index (χ0) is 15.5. The molecule has 2 aromatic carbocycles. The van der Waals surface area contributed by atoms with Crippen LogP contribution in [0.5, 0.6) is 0 Å². The van der Waals surface area contributed by atoms with E-state index in [4.69, 9.17) is 0 Å². The van der Waals surface area contributed by atoms with Crippen molar-refractivity contribution in [1.82, 2.24) is 4.72 Å². The molecular weight excluding hydrogens is 289 g/mol. The van der Waals surface area contributed by atoms with E-state index >= 15 is 0 Å². The molecule has 0 aliphatic rings. The summed E-state index contributed by atoms with van der Waals surface area (Å²) in [4.78, 5) is 0.110. The lowest BCUT2D eigenvalue weighted by atomic mass is 10.1. The summed E-state index contributed by atoms with van der Waals surface area (Å²) >= 11 is 0. The van der Waals surface area contributed by atoms with Crippen molar-refractivity contribution in [2.24, 2.45) is 0 Å². The predicted molar refractivity (Wildman–Crippen MR) is 80.9 cm³/mol. The largest absolute Gasteiger partial charge is 0.241 e. The number of nitrogens with one attached hydrogen (secondary N) is 1. The molecule has 0 aliphatic heterocycles. The van der Waals surface area contributed by atoms with Gasteiger partial charge in [0.05, 0.1) is 4.90 Å². The molecule has 0 aromatic heterocycles. The highest BCUT2D eigenvalue weighted by Crippen LogP contribution is 2.22. The molecule has 0 spiro atoms. The minimum atomic E-state index is -3.68. The predicted octanol–water partition coefficient (Wildman–Crippen LogP) is 3.56. The average molecular weight is 307 g/mol. The van der Waals surface area contributed by atoms with Crippen molar-refractivity contribution < 1.29 is 12.8 Å². The van der Waals surface area contributed by atoms with E-state index in [-0.39, 0.29) is 10.9 Å². The van der Waals surface area contributed by atoms with Gasteiger partial charge in [0.2, 0.25) is 10.0 Å². The summed E-state index contributed by atoms with van der Waals surface area (Å²) in [7, 11) is -3.68. The second kappa shape index (κ2) is 6.37. The maximum atomic E-state index is 13.1. The van der Waals surface area contributed by atoms with E-state index in [2.05, 4.69) is 4.72 Å². The van der Waals surface area contributed by atoms with Gasteiger partial charge in [0, 0.05) is 6.04 Å². The average Bonchev–Trinajstić information content (AvgIpc) is 2.45. The molecule has 5 heteroatoms. The molecule has 0 bridgehead atoms. The summed E-state index contributed by atoms with van der Waals surface area (Å²) in [5, 5.41) is 0. The first kappa shape index (κ1) is 15.7. The molecular formula is C16H18FNO2S. The van der Waals surface area contributed by atoms with Crippen LogP contribution in [0, 0.1) is 12.7 Å². The highest BCUT2D eigenvalue weighted by molar-refractivity contribution is 7.89. The molecule has 2 rings (SSSR count). The minimum absolute atomic E-state index is 0.110. The lowest BCUT2D eigenvalue weighted by molar-refractivity contribution is 0.549. The van der Waals surface area contributed by atoms with Gasteiger partial charge in [-0.3, -0.25) is 0 Å². The molecule has 112 valence electrons. The summed E-state index contributed by atoms with van der Waals surface area (Å²) in [6, 6.07) is 12.8. The van der Waals surface area contributed by atoms with Crippen LogP contribution >= 0.6 is 0 Å². The molecule has 0 saturated heterocycles. The van der Waals surface area contributed by atoms with Crippen molar-refractivity contribution in [2.45, 2.75) is 31.2 Å². The van der Waals surface area contributed by atoms with Crippen LogP contribution < -0.4 is 4.72 Å². The maximum Gasteiger partial charge on any atom is 0.241 e. The highest BCUT2D eigenvalue weighted by Gasteiger charge is 2.22. The normalized spacial score (nSPS) is 13.1. The van der Waals surface area contributed by atoms with E-state index < -0.39 is 15.8 Å². The van der Waals surface area contributed by atoms with E-state index in [9.17, 15) is 12.8 Å². The first-order chi connectivity index (χ1) is 9.94. The third-order valence-electron chi connectivity index (χ3n) is 3.33. The lowest BCUT2D eigenvalue weighted by Gasteiger charge is -2.18. The SMILES string of the molecule is CCC(NS(=O)(=O)c1ccc(F)cc1C)c1ccccc1. The van der Waals surface area contributed by atoms with Gasteiger partial charge in [0.25, 0.3) is 0 Å². The standard InChI is InChI=1S/C16H18FNO2S/c1-3-15(13-7-5-4-6-8-13)18-21(19,20)16-10-9-14(17)11-12(16)2/h4-11,15,18H,3H2,1-2H3. The van der Waals surface area contributed by atoms with Crippen LogP contribution in [0.3, 0.4) is 0 Å². The number of aryl methyl sites for hydroxylation is 1. The van der Waals surface area contributed by atoms with Crippen LogP contribution in [0.1, 0.15) is 30.5 Å². The van der Waals surface area contributed by atoms with Crippen LogP contribution in [0.25, 0.3) is 0 Å². The third-order valence-corrected chi connectivity index (χ3v) is 4.97. The van der Waals surface area contributed by atoms with Crippen LogP contribution in [0.2, 0.25) is 0 Å². The van der Waals surface area contributed by atoms with Gasteiger partial charge in [-0.2, -0.15) is 0 Å². The van der Waals surface area contributed by atoms with E-state index in [1.165, 1.54) is 12.1 Å². The molecule has 0 radical (unpaired) electrons. The molecule has 1 atom stereocenters. The van der Waals surface area contributed by atoms with Gasteiger partial charge in [0.15, 0.2) is 0 Å². The van der Waals surface area contributed by atoms with Crippen molar-refractivity contribution in [1.29, 1.82) is 0 Å². The van der Waals surface area contributed by atoms with Crippen molar-refractivity contribution in [2.75, 3.05) is 0 Å². The van der Waals surface area contributed by atoms with Crippen molar-refractivity contribution in [3.63, 3.8) is 0 Å². The quantitative estimate of drug-likeness (QED) is 0.918. The van der Waals surface area contributed by atoms with Gasteiger partial charge < -0.3 is 0 Å². The van der Waals surface area contributed by atoms with Crippen LogP contribution in [-0.2, 0) is 10.0 Å². The Morgan fingerprint density at radius 3 is 2.38 bits per heavy atom. The second-order valence-electron chi connectivity index (χ2n) is 4.90. The number of halogens is 1. The van der Waals surface area contributed by atoms with Crippen molar-refractivity contribution in [3.05, 3.63) is 65.5 Å². The zero-order valence-corrected chi connectivity index (χ0v) is 12.8. The molecule has 2 aromatic rings. The molecule has 0 fully saturated rings. The summed E-state index contributed by atoms with van der Waals surface area (Å²) in [6.07, 6.45) is 0.628. The molecule has 0 aliphatic carbocycles. The van der Waals surface area contributed by atoms with Gasteiger partial charge in [0.1, 0.15) is 5.82 Å². The first-order valence-electron chi connectivity index (χ1n) is 6.77. The monoisotopic (exact) mass is 307 g/mol. The molecule has 21 heavy (non-hydrogen) atoms. The van der Waals surface area contributed by atoms with E-state index in [1.807, 2.05) is 37.3 Å². The Balaban J connectivity index is 2.32. The number of sulfonamides is 1. The van der Waals surface area contributed by atoms with Gasteiger partial charge in [-0.15, -0.1) is 0 Å². The molecule has 0 heterocycles. The van der Waals surface area contributed by atoms with Gasteiger partial charge in [-0.05, 0) is 42.7 Å². The lowest BCUT2D eigenvalue weighted by Crippen LogP contribution is -2.28. The Bertz CT molecular complexity index is 714. The summed E-state index contributed by atoms with van der Waals surface area (Å²) < 4.78 is 40.7. The van der Waals surface area contributed by atoms with Crippen LogP contribution in [0.15, 0.2) is 53.4 Å². The summed E-state index contributed by atoms with van der Waals surface area (Å²) in [5.74, 6) is -0.443. The Morgan fingerprint density at radius 2 is 1.81 bits per heavy atom. The number of benzene rings is 2. The summed E-state index contributed by atoms with van der Waals surface area (Å²) in [5.41, 5.74) is 1.30. The topological polar surface area (TPSA) is 46.2 Å². The molecule has 1 N–H and O–H groups in total. The third kappa shape index (κ3) is 3.68. The molecule has 3 nitrogen and oxygen atoms in total. The van der Waals surface area contributed by atoms with E-state index in [1.54, 1.807) is 6.92 Å². The zero-order valence-electron chi connectivity index (χ0n) is 12.0. The molecule has 0 saturated carbocycles. The highest BCUT2D eigenvalue weighted by atomic mass is 32.2.